The summed E-state index contributed by atoms with van der Waals surface area (Å²) in [5.41, 5.74) is 10.3. The summed E-state index contributed by atoms with van der Waals surface area (Å²) in [5, 5.41) is 1.39. The predicted molar refractivity (Wildman–Crippen MR) is 122 cm³/mol. The molecule has 3 aromatic rings. The van der Waals surface area contributed by atoms with Gasteiger partial charge in [-0.15, -0.1) is 11.8 Å². The van der Waals surface area contributed by atoms with Crippen LogP contribution in [0, 0.1) is 13.8 Å². The number of anilines is 1. The second-order valence-electron chi connectivity index (χ2n) is 6.96. The lowest BCUT2D eigenvalue weighted by Crippen LogP contribution is -2.06. The number of imidazole rings is 1. The van der Waals surface area contributed by atoms with Crippen molar-refractivity contribution in [2.24, 2.45) is 0 Å². The van der Waals surface area contributed by atoms with E-state index in [0.29, 0.717) is 10.8 Å². The number of fused-ring (bicyclic) bond motifs is 1. The van der Waals surface area contributed by atoms with Crippen molar-refractivity contribution in [3.8, 4) is 0 Å². The molecule has 28 heavy (non-hydrogen) atoms. The van der Waals surface area contributed by atoms with E-state index in [0.717, 1.165) is 70.5 Å². The zero-order chi connectivity index (χ0) is 20.3. The molecule has 0 unspecified atom stereocenters. The van der Waals surface area contributed by atoms with Crippen molar-refractivity contribution in [2.75, 3.05) is 11.5 Å². The Morgan fingerprint density at radius 1 is 1.14 bits per heavy atom. The van der Waals surface area contributed by atoms with E-state index in [2.05, 4.69) is 23.4 Å². The first-order valence-corrected chi connectivity index (χ1v) is 11.4. The summed E-state index contributed by atoms with van der Waals surface area (Å²) in [4.78, 5) is 10.3. The van der Waals surface area contributed by atoms with Gasteiger partial charge in [-0.05, 0) is 62.6 Å². The lowest BCUT2D eigenvalue weighted by Gasteiger charge is -2.12. The molecule has 0 atom stereocenters. The smallest absolute Gasteiger partial charge is 0.151 e. The minimum absolute atomic E-state index is 0.530. The highest BCUT2D eigenvalue weighted by molar-refractivity contribution is 7.99. The molecule has 7 heteroatoms. The second kappa shape index (κ2) is 9.38. The van der Waals surface area contributed by atoms with E-state index in [1.54, 1.807) is 17.8 Å². The topological polar surface area (TPSA) is 56.7 Å². The van der Waals surface area contributed by atoms with E-state index in [1.165, 1.54) is 5.56 Å². The van der Waals surface area contributed by atoms with Gasteiger partial charge in [0.25, 0.3) is 0 Å². The summed E-state index contributed by atoms with van der Waals surface area (Å²) in [6.45, 7) is 7.23. The van der Waals surface area contributed by atoms with Crippen LogP contribution in [0.5, 0.6) is 0 Å². The van der Waals surface area contributed by atoms with Crippen molar-refractivity contribution in [3.05, 3.63) is 45.3 Å². The Labute approximate surface area is 180 Å². The van der Waals surface area contributed by atoms with Gasteiger partial charge in [-0.2, -0.15) is 0 Å². The fourth-order valence-corrected chi connectivity index (χ4v) is 4.85. The number of hydrogen-bond donors (Lipinski definition) is 1. The Kier molecular flexibility index (Phi) is 7.13. The van der Waals surface area contributed by atoms with Crippen molar-refractivity contribution in [1.82, 2.24) is 14.5 Å². The summed E-state index contributed by atoms with van der Waals surface area (Å²) < 4.78 is 2.35. The van der Waals surface area contributed by atoms with E-state index in [4.69, 9.17) is 33.9 Å². The minimum Gasteiger partial charge on any atom is -0.382 e. The van der Waals surface area contributed by atoms with Crippen LogP contribution >= 0.6 is 35.0 Å². The van der Waals surface area contributed by atoms with Crippen LogP contribution in [-0.2, 0) is 13.0 Å². The Bertz CT molecular complexity index is 984. The first kappa shape index (κ1) is 21.3. The first-order chi connectivity index (χ1) is 13.4. The molecule has 0 fully saturated rings. The molecule has 0 saturated carbocycles. The van der Waals surface area contributed by atoms with Gasteiger partial charge in [0.05, 0.1) is 10.5 Å². The molecule has 0 bridgehead atoms. The number of benzene rings is 1. The number of nitrogens with zero attached hydrogens (tertiary/aromatic N) is 3. The average molecular weight is 437 g/mol. The van der Waals surface area contributed by atoms with E-state index in [1.807, 2.05) is 19.1 Å². The number of aromatic nitrogens is 3. The molecule has 4 nitrogen and oxygen atoms in total. The highest BCUT2D eigenvalue weighted by Crippen LogP contribution is 2.31. The standard InChI is InChI=1S/C21H26Cl2N4S/c1-4-7-18-26-19-20(13(2)14(3)25-21(19)24)27(18)10-5-6-11-28-17-9-8-15(22)12-16(17)23/h8-9,12H,4-7,10-11H2,1-3H3,(H2,24,25). The van der Waals surface area contributed by atoms with Crippen molar-refractivity contribution >= 4 is 51.8 Å². The predicted octanol–water partition coefficient (Wildman–Crippen LogP) is 6.46. The number of rotatable bonds is 8. The molecule has 0 radical (unpaired) electrons. The van der Waals surface area contributed by atoms with Gasteiger partial charge in [-0.3, -0.25) is 0 Å². The third-order valence-corrected chi connectivity index (χ3v) is 6.70. The Balaban J connectivity index is 1.70. The van der Waals surface area contributed by atoms with Gasteiger partial charge >= 0.3 is 0 Å². The molecular formula is C21H26Cl2N4S. The van der Waals surface area contributed by atoms with Crippen LogP contribution in [0.4, 0.5) is 5.82 Å². The molecule has 2 heterocycles. The summed E-state index contributed by atoms with van der Waals surface area (Å²) >= 11 is 14.0. The van der Waals surface area contributed by atoms with Gasteiger partial charge in [-0.1, -0.05) is 30.1 Å². The van der Waals surface area contributed by atoms with E-state index >= 15 is 0 Å². The average Bonchev–Trinajstić information content (AvgIpc) is 3.00. The van der Waals surface area contributed by atoms with E-state index in [9.17, 15) is 0 Å². The Morgan fingerprint density at radius 3 is 2.64 bits per heavy atom. The number of thioether (sulfide) groups is 1. The van der Waals surface area contributed by atoms with E-state index < -0.39 is 0 Å². The van der Waals surface area contributed by atoms with Crippen LogP contribution in [-0.4, -0.2) is 20.3 Å². The Hall–Kier alpha value is -1.43. The molecule has 150 valence electrons. The molecule has 2 N–H and O–H groups in total. The number of halogens is 2. The third-order valence-electron chi connectivity index (χ3n) is 4.88. The maximum Gasteiger partial charge on any atom is 0.151 e. The maximum atomic E-state index is 6.26. The third kappa shape index (κ3) is 4.58. The van der Waals surface area contributed by atoms with Crippen LogP contribution in [0.3, 0.4) is 0 Å². The van der Waals surface area contributed by atoms with Gasteiger partial charge < -0.3 is 10.3 Å². The van der Waals surface area contributed by atoms with Crippen LogP contribution in [0.15, 0.2) is 23.1 Å². The highest BCUT2D eigenvalue weighted by atomic mass is 35.5. The van der Waals surface area contributed by atoms with Gasteiger partial charge in [0, 0.05) is 28.6 Å². The minimum atomic E-state index is 0.530. The molecule has 0 aliphatic heterocycles. The summed E-state index contributed by atoms with van der Waals surface area (Å²) in [6, 6.07) is 5.66. The SMILES string of the molecule is CCCc1nc2c(N)nc(C)c(C)c2n1CCCCSc1ccc(Cl)cc1Cl. The quantitative estimate of drug-likeness (QED) is 0.324. The molecule has 0 saturated heterocycles. The van der Waals surface area contributed by atoms with Crippen molar-refractivity contribution in [2.45, 2.75) is 57.9 Å². The van der Waals surface area contributed by atoms with Crippen LogP contribution in [0.1, 0.15) is 43.3 Å². The monoisotopic (exact) mass is 436 g/mol. The van der Waals surface area contributed by atoms with Gasteiger partial charge in [0.15, 0.2) is 5.82 Å². The number of aryl methyl sites for hydroxylation is 4. The molecule has 3 rings (SSSR count). The van der Waals surface area contributed by atoms with Gasteiger partial charge in [0.1, 0.15) is 11.3 Å². The fraction of sp³-hybridized carbons (Fsp3) is 0.429. The van der Waals surface area contributed by atoms with Crippen molar-refractivity contribution in [1.29, 1.82) is 0 Å². The normalized spacial score (nSPS) is 11.5. The maximum absolute atomic E-state index is 6.26. The molecule has 0 amide bonds. The summed E-state index contributed by atoms with van der Waals surface area (Å²) in [7, 11) is 0. The van der Waals surface area contributed by atoms with Crippen LogP contribution in [0.2, 0.25) is 10.0 Å². The lowest BCUT2D eigenvalue weighted by molar-refractivity contribution is 0.613. The summed E-state index contributed by atoms with van der Waals surface area (Å²) in [6.07, 6.45) is 4.16. The zero-order valence-corrected chi connectivity index (χ0v) is 18.9. The van der Waals surface area contributed by atoms with Crippen LogP contribution in [0.25, 0.3) is 11.0 Å². The molecule has 0 spiro atoms. The molecule has 2 aromatic heterocycles. The highest BCUT2D eigenvalue weighted by Gasteiger charge is 2.17. The van der Waals surface area contributed by atoms with Crippen molar-refractivity contribution < 1.29 is 0 Å². The number of nitrogen functional groups attached to an aromatic ring is 1. The molecular weight excluding hydrogens is 411 g/mol. The molecule has 0 aliphatic carbocycles. The lowest BCUT2D eigenvalue weighted by atomic mass is 10.2. The Morgan fingerprint density at radius 2 is 1.93 bits per heavy atom. The second-order valence-corrected chi connectivity index (χ2v) is 8.95. The summed E-state index contributed by atoms with van der Waals surface area (Å²) in [5.74, 6) is 2.65. The zero-order valence-electron chi connectivity index (χ0n) is 16.6. The largest absolute Gasteiger partial charge is 0.382 e. The molecule has 1 aromatic carbocycles. The molecule has 0 aliphatic rings. The number of unbranched alkanes of at least 4 members (excludes halogenated alkanes) is 1. The van der Waals surface area contributed by atoms with Gasteiger partial charge in [0.2, 0.25) is 0 Å². The van der Waals surface area contributed by atoms with Crippen LogP contribution < -0.4 is 5.73 Å². The number of hydrogen-bond acceptors (Lipinski definition) is 4. The first-order valence-electron chi connectivity index (χ1n) is 9.62. The van der Waals surface area contributed by atoms with Crippen molar-refractivity contribution in [3.63, 3.8) is 0 Å². The fourth-order valence-electron chi connectivity index (χ4n) is 3.35. The number of nitrogens with two attached hydrogens (primary N) is 1. The number of pyridine rings is 1. The van der Waals surface area contributed by atoms with E-state index in [-0.39, 0.29) is 0 Å². The van der Waals surface area contributed by atoms with Gasteiger partial charge in [-0.25, -0.2) is 9.97 Å².